The highest BCUT2D eigenvalue weighted by atomic mass is 16.5. The summed E-state index contributed by atoms with van der Waals surface area (Å²) in [5, 5.41) is 6.39. The number of amides is 1. The Bertz CT molecular complexity index is 555. The van der Waals surface area contributed by atoms with Crippen molar-refractivity contribution >= 4 is 5.91 Å². The largest absolute Gasteiger partial charge is 0.355 e. The van der Waals surface area contributed by atoms with Gasteiger partial charge in [0.1, 0.15) is 5.56 Å². The van der Waals surface area contributed by atoms with Crippen molar-refractivity contribution in [3.63, 3.8) is 0 Å². The summed E-state index contributed by atoms with van der Waals surface area (Å²) >= 11 is 0. The fourth-order valence-corrected chi connectivity index (χ4v) is 1.57. The smallest absolute Gasteiger partial charge is 0.257 e. The molecule has 4 nitrogen and oxygen atoms in total. The van der Waals surface area contributed by atoms with E-state index in [0.717, 1.165) is 11.1 Å². The Labute approximate surface area is 105 Å². The molecule has 1 heterocycles. The van der Waals surface area contributed by atoms with Gasteiger partial charge in [-0.1, -0.05) is 41.1 Å². The van der Waals surface area contributed by atoms with Crippen molar-refractivity contribution in [1.82, 2.24) is 10.5 Å². The second-order valence-corrected chi connectivity index (χ2v) is 3.93. The van der Waals surface area contributed by atoms with E-state index in [1.165, 1.54) is 6.20 Å². The zero-order chi connectivity index (χ0) is 13.0. The molecule has 0 bridgehead atoms. The third kappa shape index (κ3) is 2.48. The second-order valence-electron chi connectivity index (χ2n) is 3.93. The molecule has 0 radical (unpaired) electrons. The second kappa shape index (κ2) is 5.31. The molecule has 1 N–H and O–H groups in total. The normalized spacial score (nSPS) is 10.1. The van der Waals surface area contributed by atoms with Gasteiger partial charge >= 0.3 is 0 Å². The highest BCUT2D eigenvalue weighted by molar-refractivity contribution is 5.99. The van der Waals surface area contributed by atoms with Gasteiger partial charge in [-0.05, 0) is 6.92 Å². The predicted molar refractivity (Wildman–Crippen MR) is 69.2 cm³/mol. The minimum atomic E-state index is -0.216. The minimum absolute atomic E-state index is 0.216. The lowest BCUT2D eigenvalue weighted by Crippen LogP contribution is -2.23. The number of hydrogen-bond acceptors (Lipinski definition) is 3. The van der Waals surface area contributed by atoms with Crippen molar-refractivity contribution in [2.75, 3.05) is 6.54 Å². The van der Waals surface area contributed by atoms with Gasteiger partial charge in [-0.2, -0.15) is 0 Å². The molecular weight excluding hydrogens is 228 g/mol. The van der Waals surface area contributed by atoms with Gasteiger partial charge in [0.2, 0.25) is 0 Å². The van der Waals surface area contributed by atoms with E-state index in [2.05, 4.69) is 17.1 Å². The summed E-state index contributed by atoms with van der Waals surface area (Å²) in [6, 6.07) is 7.73. The average molecular weight is 242 g/mol. The van der Waals surface area contributed by atoms with E-state index >= 15 is 0 Å². The van der Waals surface area contributed by atoms with E-state index in [1.54, 1.807) is 6.08 Å². The number of hydrogen-bond donors (Lipinski definition) is 1. The van der Waals surface area contributed by atoms with E-state index in [4.69, 9.17) is 4.52 Å². The molecule has 0 saturated heterocycles. The van der Waals surface area contributed by atoms with Gasteiger partial charge < -0.3 is 9.84 Å². The Kier molecular flexibility index (Phi) is 3.57. The maximum atomic E-state index is 11.9. The molecule has 92 valence electrons. The third-order valence-electron chi connectivity index (χ3n) is 2.54. The van der Waals surface area contributed by atoms with Gasteiger partial charge in [0.15, 0.2) is 5.76 Å². The van der Waals surface area contributed by atoms with Crippen LogP contribution in [-0.2, 0) is 0 Å². The van der Waals surface area contributed by atoms with Crippen LogP contribution in [0.4, 0.5) is 0 Å². The maximum Gasteiger partial charge on any atom is 0.257 e. The van der Waals surface area contributed by atoms with Gasteiger partial charge in [0, 0.05) is 12.1 Å². The summed E-state index contributed by atoms with van der Waals surface area (Å²) in [6.07, 6.45) is 3.05. The molecule has 1 aromatic heterocycles. The van der Waals surface area contributed by atoms with Crippen molar-refractivity contribution in [2.24, 2.45) is 0 Å². The van der Waals surface area contributed by atoms with E-state index in [9.17, 15) is 4.79 Å². The molecule has 1 amide bonds. The molecule has 1 aromatic carbocycles. The molecule has 4 heteroatoms. The molecule has 0 aliphatic rings. The van der Waals surface area contributed by atoms with Crippen molar-refractivity contribution in [3.05, 3.63) is 54.2 Å². The van der Waals surface area contributed by atoms with Crippen LogP contribution in [0.3, 0.4) is 0 Å². The van der Waals surface area contributed by atoms with Crippen molar-refractivity contribution < 1.29 is 9.32 Å². The van der Waals surface area contributed by atoms with Crippen LogP contribution in [-0.4, -0.2) is 17.6 Å². The molecule has 0 spiro atoms. The Hall–Kier alpha value is -2.36. The summed E-state index contributed by atoms with van der Waals surface area (Å²) in [4.78, 5) is 11.9. The van der Waals surface area contributed by atoms with Crippen LogP contribution in [0.25, 0.3) is 11.3 Å². The number of carbonyl (C=O) groups is 1. The van der Waals surface area contributed by atoms with Crippen LogP contribution >= 0.6 is 0 Å². The number of benzene rings is 1. The Morgan fingerprint density at radius 3 is 2.83 bits per heavy atom. The standard InChI is InChI=1S/C14H14N2O2/c1-3-8-15-14(17)12-9-16-18-13(12)11-6-4-10(2)5-7-11/h3-7,9H,1,8H2,2H3,(H,15,17). The molecule has 18 heavy (non-hydrogen) atoms. The number of rotatable bonds is 4. The summed E-state index contributed by atoms with van der Waals surface area (Å²) in [5.41, 5.74) is 2.42. The molecule has 0 aliphatic carbocycles. The molecule has 0 atom stereocenters. The molecule has 0 aliphatic heterocycles. The predicted octanol–water partition coefficient (Wildman–Crippen LogP) is 2.57. The SMILES string of the molecule is C=CCNC(=O)c1cnoc1-c1ccc(C)cc1. The topological polar surface area (TPSA) is 55.1 Å². The highest BCUT2D eigenvalue weighted by Gasteiger charge is 2.16. The summed E-state index contributed by atoms with van der Waals surface area (Å²) in [5.74, 6) is 0.267. The molecular formula is C14H14N2O2. The van der Waals surface area contributed by atoms with Gasteiger partial charge in [0.25, 0.3) is 5.91 Å². The summed E-state index contributed by atoms with van der Waals surface area (Å²) in [7, 11) is 0. The number of carbonyl (C=O) groups excluding carboxylic acids is 1. The summed E-state index contributed by atoms with van der Waals surface area (Å²) < 4.78 is 5.16. The van der Waals surface area contributed by atoms with Crippen molar-refractivity contribution in [3.8, 4) is 11.3 Å². The molecule has 0 fully saturated rings. The molecule has 2 aromatic rings. The zero-order valence-electron chi connectivity index (χ0n) is 10.1. The van der Waals surface area contributed by atoms with Gasteiger partial charge in [-0.15, -0.1) is 6.58 Å². The van der Waals surface area contributed by atoms with Gasteiger partial charge in [0.05, 0.1) is 6.20 Å². The lowest BCUT2D eigenvalue weighted by atomic mass is 10.1. The van der Waals surface area contributed by atoms with Crippen LogP contribution in [0.15, 0.2) is 47.6 Å². The first-order chi connectivity index (χ1) is 8.72. The van der Waals surface area contributed by atoms with Crippen LogP contribution in [0, 0.1) is 6.92 Å². The first-order valence-electron chi connectivity index (χ1n) is 5.63. The van der Waals surface area contributed by atoms with Crippen LogP contribution in [0.1, 0.15) is 15.9 Å². The quantitative estimate of drug-likeness (QED) is 0.838. The van der Waals surface area contributed by atoms with Crippen LogP contribution in [0.2, 0.25) is 0 Å². The maximum absolute atomic E-state index is 11.9. The van der Waals surface area contributed by atoms with E-state index in [0.29, 0.717) is 17.9 Å². The Balaban J connectivity index is 2.29. The van der Waals surface area contributed by atoms with Crippen molar-refractivity contribution in [1.29, 1.82) is 0 Å². The average Bonchev–Trinajstić information content (AvgIpc) is 2.86. The van der Waals surface area contributed by atoms with Gasteiger partial charge in [-0.3, -0.25) is 4.79 Å². The van der Waals surface area contributed by atoms with Crippen molar-refractivity contribution in [2.45, 2.75) is 6.92 Å². The van der Waals surface area contributed by atoms with Gasteiger partial charge in [-0.25, -0.2) is 0 Å². The Morgan fingerprint density at radius 2 is 2.17 bits per heavy atom. The fraction of sp³-hybridized carbons (Fsp3) is 0.143. The van der Waals surface area contributed by atoms with Crippen LogP contribution in [0.5, 0.6) is 0 Å². The first kappa shape index (κ1) is 12.1. The number of aromatic nitrogens is 1. The molecule has 0 saturated carbocycles. The van der Waals surface area contributed by atoms with Crippen LogP contribution < -0.4 is 5.32 Å². The monoisotopic (exact) mass is 242 g/mol. The van der Waals surface area contributed by atoms with E-state index in [1.807, 2.05) is 31.2 Å². The van der Waals surface area contributed by atoms with E-state index < -0.39 is 0 Å². The number of aryl methyl sites for hydroxylation is 1. The lowest BCUT2D eigenvalue weighted by molar-refractivity contribution is 0.0958. The molecule has 2 rings (SSSR count). The fourth-order valence-electron chi connectivity index (χ4n) is 1.57. The minimum Gasteiger partial charge on any atom is -0.355 e. The highest BCUT2D eigenvalue weighted by Crippen LogP contribution is 2.23. The summed E-state index contributed by atoms with van der Waals surface area (Å²) in [6.45, 7) is 5.97. The third-order valence-corrected chi connectivity index (χ3v) is 2.54. The lowest BCUT2D eigenvalue weighted by Gasteiger charge is -2.02. The zero-order valence-corrected chi connectivity index (χ0v) is 10.1. The molecule has 0 unspecified atom stereocenters. The van der Waals surface area contributed by atoms with E-state index in [-0.39, 0.29) is 5.91 Å². The first-order valence-corrected chi connectivity index (χ1v) is 5.63. The number of nitrogens with one attached hydrogen (secondary N) is 1. The Morgan fingerprint density at radius 1 is 1.44 bits per heavy atom. The number of nitrogens with zero attached hydrogens (tertiary/aromatic N) is 1.